The molecule has 9 heteroatoms. The fourth-order valence-corrected chi connectivity index (χ4v) is 3.39. The van der Waals surface area contributed by atoms with Gasteiger partial charge in [-0.25, -0.2) is 0 Å². The van der Waals surface area contributed by atoms with Gasteiger partial charge in [0.1, 0.15) is 0 Å². The molecule has 0 unspecified atom stereocenters. The Morgan fingerprint density at radius 2 is 1.74 bits per heavy atom. The summed E-state index contributed by atoms with van der Waals surface area (Å²) in [5.74, 6) is 0.621. The normalized spacial score (nSPS) is 10.7. The van der Waals surface area contributed by atoms with E-state index in [4.69, 9.17) is 58.6 Å². The van der Waals surface area contributed by atoms with E-state index in [1.165, 1.54) is 0 Å². The van der Waals surface area contributed by atoms with E-state index in [1.807, 2.05) is 29.8 Å². The van der Waals surface area contributed by atoms with Crippen molar-refractivity contribution < 1.29 is 0 Å². The lowest BCUT2D eigenvalue weighted by Gasteiger charge is -2.10. The van der Waals surface area contributed by atoms with Gasteiger partial charge in [0.25, 0.3) is 0 Å². The molecule has 1 heterocycles. The van der Waals surface area contributed by atoms with Gasteiger partial charge in [-0.05, 0) is 55.0 Å². The molecule has 4 nitrogen and oxygen atoms in total. The number of benzene rings is 2. The molecule has 140 valence electrons. The van der Waals surface area contributed by atoms with Crippen LogP contribution in [0.3, 0.4) is 0 Å². The Morgan fingerprint density at radius 1 is 0.963 bits per heavy atom. The maximum Gasteiger partial charge on any atom is 0.176 e. The van der Waals surface area contributed by atoms with Crippen LogP contribution in [0.4, 0.5) is 11.5 Å². The Labute approximate surface area is 182 Å². The standard InChI is InChI=1S/C18H14Cl4N4S/c1-10-6-17(24-18(27)23-16-5-3-12(19)8-15(16)22)25-26(10)9-11-2-4-13(20)14(21)7-11/h2-8H,9H2,1H3,(H2,23,24,25,27). The van der Waals surface area contributed by atoms with Crippen molar-refractivity contribution in [3.63, 3.8) is 0 Å². The molecule has 2 aromatic carbocycles. The third-order valence-corrected chi connectivity index (χ3v) is 5.21. The Balaban J connectivity index is 1.68. The van der Waals surface area contributed by atoms with E-state index in [0.717, 1.165) is 11.3 Å². The maximum atomic E-state index is 6.15. The fourth-order valence-electron chi connectivity index (χ4n) is 2.40. The van der Waals surface area contributed by atoms with E-state index in [1.54, 1.807) is 24.3 Å². The van der Waals surface area contributed by atoms with Crippen LogP contribution in [0.2, 0.25) is 20.1 Å². The zero-order valence-electron chi connectivity index (χ0n) is 14.1. The molecule has 0 amide bonds. The van der Waals surface area contributed by atoms with Crippen molar-refractivity contribution in [1.29, 1.82) is 0 Å². The average molecular weight is 460 g/mol. The van der Waals surface area contributed by atoms with E-state index < -0.39 is 0 Å². The van der Waals surface area contributed by atoms with Gasteiger partial charge in [0.2, 0.25) is 0 Å². The van der Waals surface area contributed by atoms with Crippen LogP contribution >= 0.6 is 58.6 Å². The summed E-state index contributed by atoms with van der Waals surface area (Å²) in [6.07, 6.45) is 0. The Hall–Kier alpha value is -1.50. The van der Waals surface area contributed by atoms with E-state index in [2.05, 4.69) is 15.7 Å². The van der Waals surface area contributed by atoms with Gasteiger partial charge >= 0.3 is 0 Å². The first-order valence-corrected chi connectivity index (χ1v) is 9.75. The van der Waals surface area contributed by atoms with E-state index in [-0.39, 0.29) is 0 Å². The Kier molecular flexibility index (Phi) is 6.50. The van der Waals surface area contributed by atoms with Crippen molar-refractivity contribution in [2.24, 2.45) is 0 Å². The maximum absolute atomic E-state index is 6.15. The van der Waals surface area contributed by atoms with E-state index in [9.17, 15) is 0 Å². The predicted molar refractivity (Wildman–Crippen MR) is 119 cm³/mol. The topological polar surface area (TPSA) is 41.9 Å². The molecule has 3 rings (SSSR count). The van der Waals surface area contributed by atoms with Gasteiger partial charge < -0.3 is 10.6 Å². The summed E-state index contributed by atoms with van der Waals surface area (Å²) >= 11 is 29.4. The zero-order chi connectivity index (χ0) is 19.6. The second-order valence-corrected chi connectivity index (χ2v) is 7.85. The van der Waals surface area contributed by atoms with E-state index >= 15 is 0 Å². The van der Waals surface area contributed by atoms with Gasteiger partial charge in [-0.2, -0.15) is 5.10 Å². The van der Waals surface area contributed by atoms with Crippen LogP contribution in [0, 0.1) is 6.92 Å². The van der Waals surface area contributed by atoms with Crippen molar-refractivity contribution >= 4 is 75.2 Å². The van der Waals surface area contributed by atoms with Crippen LogP contribution in [0.25, 0.3) is 0 Å². The Morgan fingerprint density at radius 3 is 2.44 bits per heavy atom. The first kappa shape index (κ1) is 20.2. The molecular weight excluding hydrogens is 446 g/mol. The smallest absolute Gasteiger partial charge is 0.176 e. The number of rotatable bonds is 4. The zero-order valence-corrected chi connectivity index (χ0v) is 17.9. The number of hydrogen-bond acceptors (Lipinski definition) is 2. The highest BCUT2D eigenvalue weighted by Gasteiger charge is 2.09. The molecule has 0 bridgehead atoms. The molecule has 0 aliphatic heterocycles. The lowest BCUT2D eigenvalue weighted by Crippen LogP contribution is -2.19. The number of aryl methyl sites for hydroxylation is 1. The molecule has 0 atom stereocenters. The van der Waals surface area contributed by atoms with Crippen molar-refractivity contribution in [3.05, 3.63) is 73.8 Å². The molecule has 0 radical (unpaired) electrons. The van der Waals surface area contributed by atoms with Gasteiger partial charge in [-0.3, -0.25) is 4.68 Å². The lowest BCUT2D eigenvalue weighted by molar-refractivity contribution is 0.668. The first-order chi connectivity index (χ1) is 12.8. The number of halogens is 4. The monoisotopic (exact) mass is 458 g/mol. The van der Waals surface area contributed by atoms with Crippen LogP contribution in [0.1, 0.15) is 11.3 Å². The van der Waals surface area contributed by atoms with Crippen molar-refractivity contribution in [3.8, 4) is 0 Å². The van der Waals surface area contributed by atoms with Crippen molar-refractivity contribution in [2.45, 2.75) is 13.5 Å². The number of nitrogens with zero attached hydrogens (tertiary/aromatic N) is 2. The molecule has 0 fully saturated rings. The molecule has 0 aliphatic carbocycles. The summed E-state index contributed by atoms with van der Waals surface area (Å²) in [7, 11) is 0. The highest BCUT2D eigenvalue weighted by molar-refractivity contribution is 7.80. The van der Waals surface area contributed by atoms with Crippen LogP contribution < -0.4 is 10.6 Å². The minimum absolute atomic E-state index is 0.374. The van der Waals surface area contributed by atoms with Gasteiger partial charge in [-0.15, -0.1) is 0 Å². The van der Waals surface area contributed by atoms with Gasteiger partial charge in [0, 0.05) is 16.8 Å². The highest BCUT2D eigenvalue weighted by atomic mass is 35.5. The summed E-state index contributed by atoms with van der Waals surface area (Å²) < 4.78 is 1.85. The molecule has 2 N–H and O–H groups in total. The second kappa shape index (κ2) is 8.67. The highest BCUT2D eigenvalue weighted by Crippen LogP contribution is 2.26. The molecular formula is C18H14Cl4N4S. The summed E-state index contributed by atoms with van der Waals surface area (Å²) in [6.45, 7) is 2.52. The molecule has 27 heavy (non-hydrogen) atoms. The molecule has 0 saturated carbocycles. The number of nitrogens with one attached hydrogen (secondary N) is 2. The predicted octanol–water partition coefficient (Wildman–Crippen LogP) is 6.66. The lowest BCUT2D eigenvalue weighted by atomic mass is 10.2. The van der Waals surface area contributed by atoms with Gasteiger partial charge in [-0.1, -0.05) is 52.5 Å². The summed E-state index contributed by atoms with van der Waals surface area (Å²) in [4.78, 5) is 0. The number of anilines is 2. The SMILES string of the molecule is Cc1cc(NC(=S)Nc2ccc(Cl)cc2Cl)nn1Cc1ccc(Cl)c(Cl)c1. The second-order valence-electron chi connectivity index (χ2n) is 5.78. The van der Waals surface area contributed by atoms with Crippen molar-refractivity contribution in [1.82, 2.24) is 9.78 Å². The van der Waals surface area contributed by atoms with E-state index in [0.29, 0.717) is 43.3 Å². The third kappa shape index (κ3) is 5.27. The van der Waals surface area contributed by atoms with Gasteiger partial charge in [0.15, 0.2) is 10.9 Å². The summed E-state index contributed by atoms with van der Waals surface area (Å²) in [5.41, 5.74) is 2.62. The third-order valence-electron chi connectivity index (χ3n) is 3.72. The largest absolute Gasteiger partial charge is 0.331 e. The first-order valence-electron chi connectivity index (χ1n) is 7.83. The van der Waals surface area contributed by atoms with Crippen LogP contribution in [0.15, 0.2) is 42.5 Å². The van der Waals surface area contributed by atoms with Crippen LogP contribution in [-0.2, 0) is 6.54 Å². The summed E-state index contributed by atoms with van der Waals surface area (Å²) in [6, 6.07) is 12.5. The molecule has 0 spiro atoms. The van der Waals surface area contributed by atoms with Crippen molar-refractivity contribution in [2.75, 3.05) is 10.6 Å². The quantitative estimate of drug-likeness (QED) is 0.428. The van der Waals surface area contributed by atoms with Gasteiger partial charge in [0.05, 0.1) is 27.3 Å². The van der Waals surface area contributed by atoms with Crippen LogP contribution in [0.5, 0.6) is 0 Å². The molecule has 0 aliphatic rings. The summed E-state index contributed by atoms with van der Waals surface area (Å²) in [5, 5.41) is 13.1. The molecule has 3 aromatic rings. The minimum Gasteiger partial charge on any atom is -0.331 e. The number of aromatic nitrogens is 2. The molecule has 0 saturated heterocycles. The minimum atomic E-state index is 0.374. The average Bonchev–Trinajstić information content (AvgIpc) is 2.93. The van der Waals surface area contributed by atoms with Crippen LogP contribution in [-0.4, -0.2) is 14.9 Å². The number of hydrogen-bond donors (Lipinski definition) is 2. The Bertz CT molecular complexity index is 1000. The number of thiocarbonyl (C=S) groups is 1. The molecule has 1 aromatic heterocycles. The fraction of sp³-hybridized carbons (Fsp3) is 0.111.